The van der Waals surface area contributed by atoms with Crippen molar-refractivity contribution in [2.24, 2.45) is 5.92 Å². The van der Waals surface area contributed by atoms with Gasteiger partial charge in [0.15, 0.2) is 0 Å². The SMILES string of the molecule is CC(C)[C@@H](NC(=O)c1cnc(-c2ccoc2)s1)C(=O)O. The predicted molar refractivity (Wildman–Crippen MR) is 73.5 cm³/mol. The van der Waals surface area contributed by atoms with Crippen molar-refractivity contribution in [1.29, 1.82) is 0 Å². The van der Waals surface area contributed by atoms with Crippen LogP contribution in [0.2, 0.25) is 0 Å². The van der Waals surface area contributed by atoms with Gasteiger partial charge < -0.3 is 14.8 Å². The molecule has 0 saturated heterocycles. The van der Waals surface area contributed by atoms with Crippen LogP contribution in [0, 0.1) is 5.92 Å². The summed E-state index contributed by atoms with van der Waals surface area (Å²) in [5, 5.41) is 12.2. The van der Waals surface area contributed by atoms with Gasteiger partial charge in [-0.1, -0.05) is 13.8 Å². The summed E-state index contributed by atoms with van der Waals surface area (Å²) in [5.41, 5.74) is 0.785. The number of thiazole rings is 1. The number of nitrogens with one attached hydrogen (secondary N) is 1. The van der Waals surface area contributed by atoms with Crippen molar-refractivity contribution in [1.82, 2.24) is 10.3 Å². The van der Waals surface area contributed by atoms with Gasteiger partial charge in [-0.25, -0.2) is 9.78 Å². The Bertz CT molecular complexity index is 604. The van der Waals surface area contributed by atoms with Crippen LogP contribution in [0.4, 0.5) is 0 Å². The van der Waals surface area contributed by atoms with Crippen LogP contribution in [0.15, 0.2) is 29.2 Å². The highest BCUT2D eigenvalue weighted by molar-refractivity contribution is 7.16. The zero-order valence-electron chi connectivity index (χ0n) is 11.0. The molecule has 0 radical (unpaired) electrons. The van der Waals surface area contributed by atoms with Gasteiger partial charge in [0.25, 0.3) is 5.91 Å². The van der Waals surface area contributed by atoms with E-state index in [2.05, 4.69) is 10.3 Å². The second-order valence-corrected chi connectivity index (χ2v) is 5.61. The number of hydrogen-bond donors (Lipinski definition) is 2. The summed E-state index contributed by atoms with van der Waals surface area (Å²) in [6.07, 6.45) is 4.49. The maximum atomic E-state index is 12.0. The molecular weight excluding hydrogens is 280 g/mol. The third kappa shape index (κ3) is 3.05. The number of aromatic nitrogens is 1. The van der Waals surface area contributed by atoms with Crippen molar-refractivity contribution >= 4 is 23.2 Å². The first kappa shape index (κ1) is 14.3. The van der Waals surface area contributed by atoms with Crippen LogP contribution in [-0.2, 0) is 4.79 Å². The van der Waals surface area contributed by atoms with Crippen LogP contribution in [0.3, 0.4) is 0 Å². The van der Waals surface area contributed by atoms with E-state index >= 15 is 0 Å². The first-order valence-corrected chi connectivity index (χ1v) is 6.82. The van der Waals surface area contributed by atoms with E-state index in [1.165, 1.54) is 30.1 Å². The Morgan fingerprint density at radius 1 is 1.45 bits per heavy atom. The molecular formula is C13H14N2O4S. The molecule has 2 rings (SSSR count). The van der Waals surface area contributed by atoms with Crippen LogP contribution in [0.5, 0.6) is 0 Å². The number of furan rings is 1. The Balaban J connectivity index is 2.12. The molecule has 2 heterocycles. The highest BCUT2D eigenvalue weighted by Gasteiger charge is 2.24. The second-order valence-electron chi connectivity index (χ2n) is 4.58. The minimum atomic E-state index is -1.05. The van der Waals surface area contributed by atoms with Gasteiger partial charge in [0.2, 0.25) is 0 Å². The average molecular weight is 294 g/mol. The number of nitrogens with zero attached hydrogens (tertiary/aromatic N) is 1. The van der Waals surface area contributed by atoms with Gasteiger partial charge in [0, 0.05) is 5.56 Å². The zero-order chi connectivity index (χ0) is 14.7. The van der Waals surface area contributed by atoms with E-state index in [-0.39, 0.29) is 5.92 Å². The van der Waals surface area contributed by atoms with Gasteiger partial charge in [-0.15, -0.1) is 11.3 Å². The molecule has 1 atom stereocenters. The number of carbonyl (C=O) groups excluding carboxylic acids is 1. The van der Waals surface area contributed by atoms with E-state index in [1.807, 2.05) is 0 Å². The molecule has 0 aliphatic heterocycles. The van der Waals surface area contributed by atoms with Crippen LogP contribution in [0.25, 0.3) is 10.6 Å². The van der Waals surface area contributed by atoms with Crippen LogP contribution in [-0.4, -0.2) is 28.0 Å². The number of amides is 1. The summed E-state index contributed by atoms with van der Waals surface area (Å²) in [7, 11) is 0. The lowest BCUT2D eigenvalue weighted by atomic mass is 10.0. The molecule has 0 fully saturated rings. The lowest BCUT2D eigenvalue weighted by Gasteiger charge is -2.16. The molecule has 20 heavy (non-hydrogen) atoms. The number of carboxylic acid groups (broad SMARTS) is 1. The number of carbonyl (C=O) groups is 2. The van der Waals surface area contributed by atoms with E-state index in [9.17, 15) is 9.59 Å². The molecule has 2 aromatic rings. The molecule has 0 unspecified atom stereocenters. The fourth-order valence-electron chi connectivity index (χ4n) is 1.62. The van der Waals surface area contributed by atoms with Gasteiger partial charge >= 0.3 is 5.97 Å². The van der Waals surface area contributed by atoms with Crippen molar-refractivity contribution in [2.75, 3.05) is 0 Å². The molecule has 1 amide bonds. The highest BCUT2D eigenvalue weighted by Crippen LogP contribution is 2.25. The van der Waals surface area contributed by atoms with E-state index in [1.54, 1.807) is 19.9 Å². The first-order valence-electron chi connectivity index (χ1n) is 6.01. The molecule has 106 valence electrons. The van der Waals surface area contributed by atoms with Crippen molar-refractivity contribution in [3.8, 4) is 10.6 Å². The molecule has 6 nitrogen and oxygen atoms in total. The van der Waals surface area contributed by atoms with Gasteiger partial charge in [-0.3, -0.25) is 4.79 Å². The molecule has 0 aromatic carbocycles. The topological polar surface area (TPSA) is 92.4 Å². The van der Waals surface area contributed by atoms with Crippen LogP contribution >= 0.6 is 11.3 Å². The molecule has 2 N–H and O–H groups in total. The number of carboxylic acids is 1. The Hall–Kier alpha value is -2.15. The molecule has 0 aliphatic rings. The minimum absolute atomic E-state index is 0.197. The van der Waals surface area contributed by atoms with Crippen LogP contribution < -0.4 is 5.32 Å². The number of aliphatic carboxylic acids is 1. The van der Waals surface area contributed by atoms with Gasteiger partial charge in [-0.05, 0) is 12.0 Å². The summed E-state index contributed by atoms with van der Waals surface area (Å²) in [6.45, 7) is 3.48. The summed E-state index contributed by atoms with van der Waals surface area (Å²) in [5.74, 6) is -1.68. The number of hydrogen-bond acceptors (Lipinski definition) is 5. The second kappa shape index (κ2) is 5.87. The summed E-state index contributed by atoms with van der Waals surface area (Å²) >= 11 is 1.19. The first-order chi connectivity index (χ1) is 9.49. The summed E-state index contributed by atoms with van der Waals surface area (Å²) < 4.78 is 4.95. The molecule has 2 aromatic heterocycles. The lowest BCUT2D eigenvalue weighted by molar-refractivity contribution is -0.140. The fourth-order valence-corrected chi connectivity index (χ4v) is 2.43. The third-order valence-corrected chi connectivity index (χ3v) is 3.76. The standard InChI is InChI=1S/C13H14N2O4S/c1-7(2)10(13(17)18)15-11(16)9-5-14-12(20-9)8-3-4-19-6-8/h3-7,10H,1-2H3,(H,15,16)(H,17,18)/t10-/m1/s1. The highest BCUT2D eigenvalue weighted by atomic mass is 32.1. The summed E-state index contributed by atoms with van der Waals surface area (Å²) in [4.78, 5) is 27.6. The van der Waals surface area contributed by atoms with Gasteiger partial charge in [-0.2, -0.15) is 0 Å². The maximum absolute atomic E-state index is 12.0. The van der Waals surface area contributed by atoms with Crippen molar-refractivity contribution < 1.29 is 19.1 Å². The fraction of sp³-hybridized carbons (Fsp3) is 0.308. The molecule has 7 heteroatoms. The van der Waals surface area contributed by atoms with Crippen molar-refractivity contribution in [3.63, 3.8) is 0 Å². The Morgan fingerprint density at radius 2 is 2.20 bits per heavy atom. The predicted octanol–water partition coefficient (Wildman–Crippen LogP) is 2.24. The van der Waals surface area contributed by atoms with E-state index in [4.69, 9.17) is 9.52 Å². The van der Waals surface area contributed by atoms with E-state index in [0.717, 1.165) is 5.56 Å². The lowest BCUT2D eigenvalue weighted by Crippen LogP contribution is -2.44. The average Bonchev–Trinajstić information content (AvgIpc) is 3.04. The largest absolute Gasteiger partial charge is 0.480 e. The molecule has 0 bridgehead atoms. The van der Waals surface area contributed by atoms with E-state index < -0.39 is 17.9 Å². The van der Waals surface area contributed by atoms with Crippen molar-refractivity contribution in [3.05, 3.63) is 29.7 Å². The molecule has 0 spiro atoms. The zero-order valence-corrected chi connectivity index (χ0v) is 11.8. The monoisotopic (exact) mass is 294 g/mol. The molecule has 0 saturated carbocycles. The van der Waals surface area contributed by atoms with E-state index in [0.29, 0.717) is 9.88 Å². The van der Waals surface area contributed by atoms with Crippen molar-refractivity contribution in [2.45, 2.75) is 19.9 Å². The van der Waals surface area contributed by atoms with Gasteiger partial charge in [0.05, 0.1) is 12.5 Å². The molecule has 0 aliphatic carbocycles. The Labute approximate surface area is 119 Å². The van der Waals surface area contributed by atoms with Crippen LogP contribution in [0.1, 0.15) is 23.5 Å². The Morgan fingerprint density at radius 3 is 2.75 bits per heavy atom. The normalized spacial score (nSPS) is 12.3. The number of rotatable bonds is 5. The Kier molecular flexibility index (Phi) is 4.19. The smallest absolute Gasteiger partial charge is 0.326 e. The summed E-state index contributed by atoms with van der Waals surface area (Å²) in [6, 6.07) is 0.830. The van der Waals surface area contributed by atoms with Gasteiger partial charge in [0.1, 0.15) is 22.2 Å². The third-order valence-electron chi connectivity index (χ3n) is 2.72. The quantitative estimate of drug-likeness (QED) is 0.882. The minimum Gasteiger partial charge on any atom is -0.480 e. The maximum Gasteiger partial charge on any atom is 0.326 e.